The number of cyclic esters (lactones) is 1. The van der Waals surface area contributed by atoms with Crippen molar-refractivity contribution in [2.45, 2.75) is 37.8 Å². The lowest BCUT2D eigenvalue weighted by Crippen LogP contribution is -2.65. The van der Waals surface area contributed by atoms with E-state index in [9.17, 15) is 14.9 Å². The number of fused-ring (bicyclic) bond motifs is 1. The molecule has 0 amide bonds. The smallest absolute Gasteiger partial charge is 0.327 e. The maximum atomic E-state index is 15.1. The van der Waals surface area contributed by atoms with Gasteiger partial charge in [-0.1, -0.05) is 37.3 Å². The average Bonchev–Trinajstić information content (AvgIpc) is 3.07. The second kappa shape index (κ2) is 9.19. The number of halogens is 2. The Bertz CT molecular complexity index is 1210. The Hall–Kier alpha value is -3.64. The van der Waals surface area contributed by atoms with E-state index in [-0.39, 0.29) is 0 Å². The van der Waals surface area contributed by atoms with Crippen molar-refractivity contribution in [1.82, 2.24) is 10.3 Å². The molecule has 0 bridgehead atoms. The number of allylic oxidation sites excluding steroid dienone is 1. The van der Waals surface area contributed by atoms with Gasteiger partial charge in [-0.3, -0.25) is 19.9 Å². The molecular formula is C26H25F2N3O4. The van der Waals surface area contributed by atoms with Gasteiger partial charge >= 0.3 is 11.9 Å². The number of esters is 1. The molecule has 2 fully saturated rings. The molecule has 1 saturated carbocycles. The largest absolute Gasteiger partial charge is 0.480 e. The molecule has 2 aromatic rings. The third-order valence-corrected chi connectivity index (χ3v) is 7.09. The number of hydrogen-bond donors (Lipinski definition) is 2. The van der Waals surface area contributed by atoms with Crippen LogP contribution in [0.5, 0.6) is 0 Å². The summed E-state index contributed by atoms with van der Waals surface area (Å²) in [5.41, 5.74) is 0.730. The summed E-state index contributed by atoms with van der Waals surface area (Å²) in [6.07, 6.45) is 3.36. The van der Waals surface area contributed by atoms with Crippen molar-refractivity contribution in [3.05, 3.63) is 59.9 Å². The van der Waals surface area contributed by atoms with Crippen molar-refractivity contribution < 1.29 is 28.2 Å². The molecule has 5 atom stereocenters. The fourth-order valence-electron chi connectivity index (χ4n) is 5.32. The number of ether oxygens (including phenoxy) is 1. The third kappa shape index (κ3) is 4.42. The van der Waals surface area contributed by atoms with Crippen molar-refractivity contribution in [2.24, 2.45) is 17.8 Å². The number of benzene rings is 1. The summed E-state index contributed by atoms with van der Waals surface area (Å²) in [5.74, 6) is -7.88. The Balaban J connectivity index is 1.65. The molecule has 7 nitrogen and oxygen atoms in total. The van der Waals surface area contributed by atoms with Crippen molar-refractivity contribution in [3.63, 3.8) is 0 Å². The van der Waals surface area contributed by atoms with Crippen LogP contribution >= 0.6 is 0 Å². The number of carboxylic acids is 1. The first-order valence-electron chi connectivity index (χ1n) is 11.3. The maximum Gasteiger partial charge on any atom is 0.327 e. The number of aliphatic carboxylic acids is 1. The predicted molar refractivity (Wildman–Crippen MR) is 123 cm³/mol. The second-order valence-electron chi connectivity index (χ2n) is 9.15. The van der Waals surface area contributed by atoms with E-state index >= 15 is 8.78 Å². The number of nitrogens with one attached hydrogen (secondary N) is 1. The molecule has 0 radical (unpaired) electrons. The molecule has 35 heavy (non-hydrogen) atoms. The van der Waals surface area contributed by atoms with Gasteiger partial charge in [0.2, 0.25) is 0 Å². The maximum absolute atomic E-state index is 15.1. The molecule has 0 spiro atoms. The van der Waals surface area contributed by atoms with Crippen molar-refractivity contribution in [3.8, 4) is 17.2 Å². The number of carboxylic acid groups (broad SMARTS) is 1. The van der Waals surface area contributed by atoms with Crippen molar-refractivity contribution >= 4 is 18.0 Å². The Morgan fingerprint density at radius 3 is 2.71 bits per heavy atom. The normalized spacial score (nSPS) is 29.4. The molecule has 2 aliphatic rings. The molecule has 2 heterocycles. The fourth-order valence-corrected chi connectivity index (χ4v) is 5.32. The summed E-state index contributed by atoms with van der Waals surface area (Å²) in [5, 5.41) is 21.0. The van der Waals surface area contributed by atoms with Crippen LogP contribution in [0.1, 0.15) is 31.5 Å². The molecular weight excluding hydrogens is 456 g/mol. The van der Waals surface area contributed by atoms with Gasteiger partial charge in [0.05, 0.1) is 23.9 Å². The van der Waals surface area contributed by atoms with Crippen LogP contribution in [0.3, 0.4) is 0 Å². The topological polar surface area (TPSA) is 112 Å². The zero-order chi connectivity index (χ0) is 25.4. The van der Waals surface area contributed by atoms with Gasteiger partial charge in [0.15, 0.2) is 0 Å². The van der Waals surface area contributed by atoms with E-state index in [1.165, 1.54) is 6.92 Å². The summed E-state index contributed by atoms with van der Waals surface area (Å²) in [7, 11) is 0. The van der Waals surface area contributed by atoms with Gasteiger partial charge in [0, 0.05) is 35.6 Å². The summed E-state index contributed by atoms with van der Waals surface area (Å²) >= 11 is 0. The number of carbonyl (C=O) groups excluding carboxylic acids is 1. The van der Waals surface area contributed by atoms with Crippen LogP contribution in [0.15, 0.2) is 48.7 Å². The lowest BCUT2D eigenvalue weighted by atomic mass is 9.60. The molecule has 182 valence electrons. The lowest BCUT2D eigenvalue weighted by molar-refractivity contribution is -0.161. The first kappa shape index (κ1) is 24.5. The number of aromatic nitrogens is 1. The zero-order valence-corrected chi connectivity index (χ0v) is 19.2. The van der Waals surface area contributed by atoms with Crippen LogP contribution in [0.2, 0.25) is 0 Å². The summed E-state index contributed by atoms with van der Waals surface area (Å²) in [6.45, 7) is 2.44. The lowest BCUT2D eigenvalue weighted by Gasteiger charge is -2.47. The molecule has 1 saturated heterocycles. The minimum absolute atomic E-state index is 0.515. The van der Waals surface area contributed by atoms with Crippen LogP contribution in [-0.4, -0.2) is 46.1 Å². The van der Waals surface area contributed by atoms with Crippen LogP contribution in [0.4, 0.5) is 8.78 Å². The van der Waals surface area contributed by atoms with Crippen LogP contribution in [-0.2, 0) is 14.3 Å². The molecule has 1 aromatic heterocycles. The van der Waals surface area contributed by atoms with E-state index in [1.807, 2.05) is 12.1 Å². The van der Waals surface area contributed by atoms with Crippen molar-refractivity contribution in [2.75, 3.05) is 6.54 Å². The molecule has 1 aliphatic heterocycles. The Morgan fingerprint density at radius 2 is 2.06 bits per heavy atom. The van der Waals surface area contributed by atoms with Crippen LogP contribution < -0.4 is 5.32 Å². The van der Waals surface area contributed by atoms with Gasteiger partial charge < -0.3 is 9.84 Å². The quantitative estimate of drug-likeness (QED) is 0.602. The highest BCUT2D eigenvalue weighted by molar-refractivity contribution is 5.85. The molecule has 0 unspecified atom stereocenters. The van der Waals surface area contributed by atoms with E-state index in [2.05, 4.69) is 16.4 Å². The van der Waals surface area contributed by atoms with Gasteiger partial charge in [0.25, 0.3) is 5.92 Å². The highest BCUT2D eigenvalue weighted by Gasteiger charge is 2.68. The molecule has 9 heteroatoms. The standard InChI is InChI=1S/C26H25F2N3O4/c1-15-20(10-9-19-8-7-18(12-30-19)21-6-4-3-5-17(21)11-29)23-16(2)35-24(34)25(23,14-26(15,27)28)31-13-22(32)33/h3-10,12,15-16,20,23,31H,13-14H2,1-2H3,(H,32,33)/b10-9+/t15-,16+,20-,23-,25-/m0/s1. The fraction of sp³-hybridized carbons (Fsp3) is 0.385. The number of carbonyl (C=O) groups is 2. The second-order valence-corrected chi connectivity index (χ2v) is 9.15. The minimum Gasteiger partial charge on any atom is -0.480 e. The van der Waals surface area contributed by atoms with Gasteiger partial charge in [-0.15, -0.1) is 0 Å². The Morgan fingerprint density at radius 1 is 1.31 bits per heavy atom. The summed E-state index contributed by atoms with van der Waals surface area (Å²) < 4.78 is 35.6. The monoisotopic (exact) mass is 481 g/mol. The first-order chi connectivity index (χ1) is 16.6. The minimum atomic E-state index is -3.22. The highest BCUT2D eigenvalue weighted by Crippen LogP contribution is 2.54. The molecule has 1 aliphatic carbocycles. The highest BCUT2D eigenvalue weighted by atomic mass is 19.3. The first-order valence-corrected chi connectivity index (χ1v) is 11.3. The van der Waals surface area contributed by atoms with E-state index in [0.717, 1.165) is 11.1 Å². The molecule has 1 aromatic carbocycles. The molecule has 4 rings (SSSR count). The van der Waals surface area contributed by atoms with E-state index < -0.39 is 60.2 Å². The molecule has 2 N–H and O–H groups in total. The van der Waals surface area contributed by atoms with Gasteiger partial charge in [-0.2, -0.15) is 5.26 Å². The Kier molecular flexibility index (Phi) is 6.43. The van der Waals surface area contributed by atoms with E-state index in [0.29, 0.717) is 11.3 Å². The van der Waals surface area contributed by atoms with E-state index in [1.54, 1.807) is 49.5 Å². The number of alkyl halides is 2. The van der Waals surface area contributed by atoms with E-state index in [4.69, 9.17) is 9.84 Å². The predicted octanol–water partition coefficient (Wildman–Crippen LogP) is 3.90. The zero-order valence-electron chi connectivity index (χ0n) is 19.2. The van der Waals surface area contributed by atoms with Gasteiger partial charge in [0.1, 0.15) is 11.6 Å². The van der Waals surface area contributed by atoms with Crippen LogP contribution in [0, 0.1) is 29.1 Å². The van der Waals surface area contributed by atoms with Crippen LogP contribution in [0.25, 0.3) is 17.2 Å². The Labute approximate surface area is 201 Å². The van der Waals surface area contributed by atoms with Gasteiger partial charge in [-0.25, -0.2) is 8.78 Å². The average molecular weight is 481 g/mol. The SMILES string of the molecule is C[C@H]1OC(=O)[C@]2(NCC(=O)O)CC(F)(F)[C@@H](C)[C@H](/C=C/c3ccc(-c4ccccc4C#N)cn3)[C@H]12. The van der Waals surface area contributed by atoms with Crippen molar-refractivity contribution in [1.29, 1.82) is 5.26 Å². The summed E-state index contributed by atoms with van der Waals surface area (Å²) in [6, 6.07) is 12.8. The number of hydrogen-bond acceptors (Lipinski definition) is 6. The number of nitrogens with zero attached hydrogens (tertiary/aromatic N) is 2. The number of nitriles is 1. The summed E-state index contributed by atoms with van der Waals surface area (Å²) in [4.78, 5) is 28.3. The number of pyridine rings is 1. The number of rotatable bonds is 6. The third-order valence-electron chi connectivity index (χ3n) is 7.09. The van der Waals surface area contributed by atoms with Gasteiger partial charge in [-0.05, 0) is 31.1 Å².